The van der Waals surface area contributed by atoms with Gasteiger partial charge in [0.05, 0.1) is 16.1 Å². The number of amides is 1. The number of aromatic nitrogens is 2. The Morgan fingerprint density at radius 1 is 1.29 bits per heavy atom. The van der Waals surface area contributed by atoms with E-state index in [1.807, 2.05) is 14.1 Å². The number of carbonyl (C=O) groups excluding carboxylic acids is 2. The molecule has 0 radical (unpaired) electrons. The molecule has 0 saturated heterocycles. The minimum Gasteiger partial charge on any atom is -0.353 e. The number of fused-ring (bicyclic) bond motifs is 1. The van der Waals surface area contributed by atoms with E-state index in [2.05, 4.69) is 15.5 Å². The number of anilines is 2. The highest BCUT2D eigenvalue weighted by Crippen LogP contribution is 2.37. The third-order valence-electron chi connectivity index (χ3n) is 2.75. The summed E-state index contributed by atoms with van der Waals surface area (Å²) in [5.74, 6) is -2.02. The molecule has 1 N–H and O–H groups in total. The Labute approximate surface area is 127 Å². The molecule has 3 rings (SSSR count). The van der Waals surface area contributed by atoms with E-state index in [1.54, 1.807) is 4.90 Å². The number of carbonyl (C=O) groups is 2. The van der Waals surface area contributed by atoms with Crippen LogP contribution in [0.25, 0.3) is 0 Å². The molecular formula is C12H9FN4O2S2. The first-order valence-corrected chi connectivity index (χ1v) is 7.47. The number of nitrogens with one attached hydrogen (secondary N) is 1. The molecule has 0 spiro atoms. The third-order valence-corrected chi connectivity index (χ3v) is 4.92. The molecule has 6 nitrogen and oxygen atoms in total. The van der Waals surface area contributed by atoms with Gasteiger partial charge in [-0.15, -0.1) is 10.2 Å². The second kappa shape index (κ2) is 5.08. The topological polar surface area (TPSA) is 75.2 Å². The van der Waals surface area contributed by atoms with Gasteiger partial charge >= 0.3 is 0 Å². The summed E-state index contributed by atoms with van der Waals surface area (Å²) in [5.41, 5.74) is 0.388. The maximum absolute atomic E-state index is 14.0. The fourth-order valence-electron chi connectivity index (χ4n) is 1.74. The summed E-state index contributed by atoms with van der Waals surface area (Å²) in [6.07, 6.45) is 0. The summed E-state index contributed by atoms with van der Waals surface area (Å²) in [6.45, 7) is 0. The van der Waals surface area contributed by atoms with Crippen molar-refractivity contribution in [2.45, 2.75) is 9.24 Å². The summed E-state index contributed by atoms with van der Waals surface area (Å²) in [5, 5.41) is 11.1. The molecule has 0 saturated carbocycles. The number of halogens is 1. The molecule has 0 aliphatic carbocycles. The highest BCUT2D eigenvalue weighted by Gasteiger charge is 2.29. The van der Waals surface area contributed by atoms with Gasteiger partial charge in [-0.25, -0.2) is 4.39 Å². The van der Waals surface area contributed by atoms with Gasteiger partial charge in [0.1, 0.15) is 5.82 Å². The van der Waals surface area contributed by atoms with E-state index in [1.165, 1.54) is 17.4 Å². The third kappa shape index (κ3) is 2.49. The van der Waals surface area contributed by atoms with Gasteiger partial charge in [-0.2, -0.15) is 0 Å². The summed E-state index contributed by atoms with van der Waals surface area (Å²) >= 11 is 2.43. The summed E-state index contributed by atoms with van der Waals surface area (Å²) < 4.78 is 14.6. The van der Waals surface area contributed by atoms with Crippen LogP contribution < -0.4 is 10.2 Å². The predicted molar refractivity (Wildman–Crippen MR) is 77.7 cm³/mol. The lowest BCUT2D eigenvalue weighted by Crippen LogP contribution is -2.12. The lowest BCUT2D eigenvalue weighted by atomic mass is 10.1. The molecule has 2 aromatic rings. The van der Waals surface area contributed by atoms with Gasteiger partial charge < -0.3 is 10.2 Å². The van der Waals surface area contributed by atoms with Crippen LogP contribution in [-0.4, -0.2) is 36.0 Å². The number of hydrogen-bond donors (Lipinski definition) is 1. The monoisotopic (exact) mass is 324 g/mol. The predicted octanol–water partition coefficient (Wildman–Crippen LogP) is 2.03. The summed E-state index contributed by atoms with van der Waals surface area (Å²) in [6, 6.07) is 2.51. The number of hydrogen-bond acceptors (Lipinski definition) is 7. The molecule has 1 aliphatic heterocycles. The minimum atomic E-state index is -0.739. The molecule has 0 bridgehead atoms. The van der Waals surface area contributed by atoms with E-state index in [-0.39, 0.29) is 10.5 Å². The first kappa shape index (κ1) is 14.0. The first-order valence-electron chi connectivity index (χ1n) is 5.83. The normalized spacial score (nSPS) is 13.3. The van der Waals surface area contributed by atoms with Gasteiger partial charge in [-0.3, -0.25) is 9.59 Å². The largest absolute Gasteiger partial charge is 0.353 e. The van der Waals surface area contributed by atoms with Gasteiger partial charge in [-0.1, -0.05) is 23.1 Å². The Hall–Kier alpha value is -2.00. The molecule has 0 unspecified atom stereocenters. The van der Waals surface area contributed by atoms with Gasteiger partial charge in [-0.05, 0) is 12.1 Å². The van der Waals surface area contributed by atoms with Crippen molar-refractivity contribution in [1.82, 2.24) is 10.2 Å². The quantitative estimate of drug-likeness (QED) is 0.871. The summed E-state index contributed by atoms with van der Waals surface area (Å²) in [4.78, 5) is 24.8. The van der Waals surface area contributed by atoms with Crippen molar-refractivity contribution in [2.75, 3.05) is 24.3 Å². The number of Topliss-reactive ketones (excluding diaryl/α,β-unsaturated/α-hetero) is 1. The number of benzene rings is 1. The van der Waals surface area contributed by atoms with Crippen molar-refractivity contribution >= 4 is 45.6 Å². The molecule has 9 heteroatoms. The molecular weight excluding hydrogens is 315 g/mol. The Bertz CT molecular complexity index is 760. The molecule has 1 aliphatic rings. The van der Waals surface area contributed by atoms with Crippen LogP contribution >= 0.6 is 23.1 Å². The molecule has 1 aromatic heterocycles. The molecule has 1 amide bonds. The van der Waals surface area contributed by atoms with Crippen LogP contribution in [0, 0.1) is 5.82 Å². The van der Waals surface area contributed by atoms with Crippen molar-refractivity contribution in [3.63, 3.8) is 0 Å². The fraction of sp³-hybridized carbons (Fsp3) is 0.167. The number of nitrogens with zero attached hydrogens (tertiary/aromatic N) is 3. The van der Waals surface area contributed by atoms with Crippen LogP contribution in [0.2, 0.25) is 0 Å². The van der Waals surface area contributed by atoms with E-state index < -0.39 is 17.5 Å². The van der Waals surface area contributed by atoms with E-state index in [0.717, 1.165) is 17.8 Å². The van der Waals surface area contributed by atoms with Crippen LogP contribution in [0.1, 0.15) is 10.4 Å². The molecule has 2 heterocycles. The zero-order valence-electron chi connectivity index (χ0n) is 11.0. The minimum absolute atomic E-state index is 0.0631. The van der Waals surface area contributed by atoms with Crippen molar-refractivity contribution < 1.29 is 14.0 Å². The smallest absolute Gasteiger partial charge is 0.296 e. The molecule has 0 fully saturated rings. The second-order valence-corrected chi connectivity index (χ2v) is 6.70. The zero-order valence-corrected chi connectivity index (χ0v) is 12.6. The van der Waals surface area contributed by atoms with Gasteiger partial charge in [0.25, 0.3) is 11.7 Å². The van der Waals surface area contributed by atoms with E-state index in [4.69, 9.17) is 0 Å². The maximum Gasteiger partial charge on any atom is 0.296 e. The van der Waals surface area contributed by atoms with E-state index in [0.29, 0.717) is 15.2 Å². The highest BCUT2D eigenvalue weighted by molar-refractivity contribution is 8.01. The van der Waals surface area contributed by atoms with Crippen LogP contribution in [0.5, 0.6) is 0 Å². The SMILES string of the molecule is CN(C)c1nnc(Sc2cc3c(cc2F)C(=O)C(=O)N3)s1. The van der Waals surface area contributed by atoms with Gasteiger partial charge in [0, 0.05) is 14.1 Å². The molecule has 1 aromatic carbocycles. The lowest BCUT2D eigenvalue weighted by Gasteiger charge is -2.04. The Morgan fingerprint density at radius 3 is 2.71 bits per heavy atom. The molecule has 0 atom stereocenters. The lowest BCUT2D eigenvalue weighted by molar-refractivity contribution is -0.112. The van der Waals surface area contributed by atoms with Gasteiger partial charge in [0.15, 0.2) is 4.34 Å². The van der Waals surface area contributed by atoms with E-state index >= 15 is 0 Å². The van der Waals surface area contributed by atoms with Crippen LogP contribution in [0.4, 0.5) is 15.2 Å². The Kier molecular flexibility index (Phi) is 3.38. The number of ketones is 1. The second-order valence-electron chi connectivity index (χ2n) is 4.46. The van der Waals surface area contributed by atoms with Crippen molar-refractivity contribution in [3.8, 4) is 0 Å². The summed E-state index contributed by atoms with van der Waals surface area (Å²) in [7, 11) is 3.68. The Balaban J connectivity index is 1.91. The van der Waals surface area contributed by atoms with E-state index in [9.17, 15) is 14.0 Å². The van der Waals surface area contributed by atoms with Crippen molar-refractivity contribution in [1.29, 1.82) is 0 Å². The first-order chi connectivity index (χ1) is 9.95. The van der Waals surface area contributed by atoms with Crippen LogP contribution in [-0.2, 0) is 4.79 Å². The maximum atomic E-state index is 14.0. The Morgan fingerprint density at radius 2 is 2.05 bits per heavy atom. The van der Waals surface area contributed by atoms with Crippen molar-refractivity contribution in [2.24, 2.45) is 0 Å². The van der Waals surface area contributed by atoms with Crippen LogP contribution in [0.3, 0.4) is 0 Å². The molecule has 108 valence electrons. The van der Waals surface area contributed by atoms with Crippen molar-refractivity contribution in [3.05, 3.63) is 23.5 Å². The zero-order chi connectivity index (χ0) is 15.1. The standard InChI is InChI=1S/C12H9FN4O2S2/c1-17(2)11-15-16-12(21-11)20-8-4-7-5(3-6(8)13)9(18)10(19)14-7/h3-4H,1-2H3,(H,14,18,19). The van der Waals surface area contributed by atoms with Gasteiger partial charge in [0.2, 0.25) is 5.13 Å². The highest BCUT2D eigenvalue weighted by atomic mass is 32.2. The van der Waals surface area contributed by atoms with Crippen LogP contribution in [0.15, 0.2) is 21.4 Å². The molecule has 21 heavy (non-hydrogen) atoms. The number of rotatable bonds is 3. The fourth-order valence-corrected chi connectivity index (χ4v) is 3.51. The average Bonchev–Trinajstić information content (AvgIpc) is 2.99. The average molecular weight is 324 g/mol.